The number of ether oxygens (including phenoxy) is 1. The Hall–Kier alpha value is -2.54. The van der Waals surface area contributed by atoms with E-state index in [0.717, 1.165) is 5.56 Å². The molecule has 1 heterocycles. The van der Waals surface area contributed by atoms with Crippen LogP contribution >= 0.6 is 0 Å². The van der Waals surface area contributed by atoms with Crippen molar-refractivity contribution in [2.45, 2.75) is 29.5 Å². The lowest BCUT2D eigenvalue weighted by Crippen LogP contribution is -2.41. The molecule has 2 N–H and O–H groups in total. The quantitative estimate of drug-likeness (QED) is 0.871. The minimum Gasteiger partial charge on any atom is -0.508 e. The van der Waals surface area contributed by atoms with Crippen molar-refractivity contribution in [1.29, 1.82) is 0 Å². The van der Waals surface area contributed by atoms with E-state index in [9.17, 15) is 18.3 Å². The van der Waals surface area contributed by atoms with E-state index in [-0.39, 0.29) is 16.7 Å². The zero-order valence-electron chi connectivity index (χ0n) is 13.7. The first kappa shape index (κ1) is 17.3. The van der Waals surface area contributed by atoms with E-state index in [1.54, 1.807) is 0 Å². The summed E-state index contributed by atoms with van der Waals surface area (Å²) in [4.78, 5) is 12.5. The molecule has 2 aromatic carbocycles. The number of hydrogen-bond acceptors (Lipinski definition) is 5. The van der Waals surface area contributed by atoms with Crippen molar-refractivity contribution in [3.8, 4) is 11.5 Å². The van der Waals surface area contributed by atoms with Crippen molar-refractivity contribution in [2.24, 2.45) is 0 Å². The van der Waals surface area contributed by atoms with Crippen LogP contribution < -0.4 is 10.1 Å². The molecule has 0 spiro atoms. The second-order valence-electron chi connectivity index (χ2n) is 5.92. The van der Waals surface area contributed by atoms with E-state index >= 15 is 0 Å². The van der Waals surface area contributed by atoms with E-state index < -0.39 is 21.0 Å². The average Bonchev–Trinajstić information content (AvgIpc) is 2.61. The highest BCUT2D eigenvalue weighted by Gasteiger charge is 2.32. The molecule has 0 bridgehead atoms. The second-order valence-corrected chi connectivity index (χ2v) is 8.19. The van der Waals surface area contributed by atoms with Gasteiger partial charge in [0.15, 0.2) is 9.84 Å². The monoisotopic (exact) mass is 361 g/mol. The molecule has 2 unspecified atom stereocenters. The largest absolute Gasteiger partial charge is 0.508 e. The fraction of sp³-hybridized carbons (Fsp3) is 0.278. The van der Waals surface area contributed by atoms with Crippen LogP contribution in [0.3, 0.4) is 0 Å². The summed E-state index contributed by atoms with van der Waals surface area (Å²) >= 11 is 0. The molecule has 0 saturated carbocycles. The first-order valence-corrected chi connectivity index (χ1v) is 9.49. The average molecular weight is 361 g/mol. The van der Waals surface area contributed by atoms with Gasteiger partial charge in [-0.3, -0.25) is 4.79 Å². The summed E-state index contributed by atoms with van der Waals surface area (Å²) in [6, 6.07) is 12.2. The van der Waals surface area contributed by atoms with Crippen molar-refractivity contribution in [3.63, 3.8) is 0 Å². The van der Waals surface area contributed by atoms with Crippen LogP contribution in [-0.2, 0) is 14.6 Å². The molecule has 1 aliphatic rings. The first-order valence-electron chi connectivity index (χ1n) is 7.94. The predicted molar refractivity (Wildman–Crippen MR) is 92.2 cm³/mol. The Labute approximate surface area is 146 Å². The van der Waals surface area contributed by atoms with Gasteiger partial charge >= 0.3 is 0 Å². The van der Waals surface area contributed by atoms with Crippen molar-refractivity contribution in [3.05, 3.63) is 54.1 Å². The molecule has 25 heavy (non-hydrogen) atoms. The van der Waals surface area contributed by atoms with E-state index in [2.05, 4.69) is 5.32 Å². The topological polar surface area (TPSA) is 92.7 Å². The lowest BCUT2D eigenvalue weighted by Gasteiger charge is -2.27. The maximum Gasteiger partial charge on any atom is 0.238 e. The molecule has 2 atom stereocenters. The highest BCUT2D eigenvalue weighted by Crippen LogP contribution is 2.31. The number of phenolic OH excluding ortho intramolecular Hbond substituents is 1. The fourth-order valence-electron chi connectivity index (χ4n) is 2.76. The number of nitrogens with one attached hydrogen (secondary N) is 1. The van der Waals surface area contributed by atoms with Gasteiger partial charge in [-0.25, -0.2) is 8.42 Å². The van der Waals surface area contributed by atoms with Crippen molar-refractivity contribution >= 4 is 15.7 Å². The molecule has 132 valence electrons. The Bertz CT molecular complexity index is 877. The van der Waals surface area contributed by atoms with Crippen molar-refractivity contribution in [1.82, 2.24) is 5.32 Å². The van der Waals surface area contributed by atoms with Gasteiger partial charge in [-0.05, 0) is 37.3 Å². The zero-order valence-corrected chi connectivity index (χ0v) is 14.5. The summed E-state index contributed by atoms with van der Waals surface area (Å²) < 4.78 is 30.8. The maximum atomic E-state index is 12.6. The van der Waals surface area contributed by atoms with Crippen LogP contribution in [0.15, 0.2) is 53.4 Å². The molecule has 6 nitrogen and oxygen atoms in total. The number of aromatic hydroxyl groups is 1. The zero-order chi connectivity index (χ0) is 18.0. The molecule has 0 aliphatic carbocycles. The molecular weight excluding hydrogens is 342 g/mol. The minimum absolute atomic E-state index is 0.000303. The number of carbonyl (C=O) groups excluding carboxylic acids is 1. The molecule has 0 fully saturated rings. The Balaban J connectivity index is 1.78. The van der Waals surface area contributed by atoms with Crippen LogP contribution in [0.1, 0.15) is 24.9 Å². The number of hydrogen-bond donors (Lipinski definition) is 2. The number of fused-ring (bicyclic) bond motifs is 1. The third-order valence-electron chi connectivity index (χ3n) is 4.27. The van der Waals surface area contributed by atoms with E-state index in [4.69, 9.17) is 4.74 Å². The van der Waals surface area contributed by atoms with Gasteiger partial charge in [0.25, 0.3) is 0 Å². The van der Waals surface area contributed by atoms with Crippen molar-refractivity contribution in [2.75, 3.05) is 6.61 Å². The molecule has 2 aromatic rings. The molecule has 1 aliphatic heterocycles. The van der Waals surface area contributed by atoms with Crippen molar-refractivity contribution < 1.29 is 23.1 Å². The Morgan fingerprint density at radius 1 is 1.20 bits per heavy atom. The number of benzene rings is 2. The third kappa shape index (κ3) is 3.46. The first-order chi connectivity index (χ1) is 11.9. The summed E-state index contributed by atoms with van der Waals surface area (Å²) in [5, 5.41) is 10.9. The van der Waals surface area contributed by atoms with Gasteiger partial charge < -0.3 is 15.2 Å². The molecule has 3 rings (SSSR count). The van der Waals surface area contributed by atoms with Gasteiger partial charge in [0.1, 0.15) is 16.7 Å². The molecule has 7 heteroatoms. The minimum atomic E-state index is -3.84. The Morgan fingerprint density at radius 2 is 1.88 bits per heavy atom. The van der Waals surface area contributed by atoms with Gasteiger partial charge in [-0.2, -0.15) is 0 Å². The summed E-state index contributed by atoms with van der Waals surface area (Å²) in [5.74, 6) is 0.109. The van der Waals surface area contributed by atoms with Crippen LogP contribution in [0.25, 0.3) is 0 Å². The Morgan fingerprint density at radius 3 is 2.60 bits per heavy atom. The van der Waals surface area contributed by atoms with E-state index in [1.807, 2.05) is 24.3 Å². The summed E-state index contributed by atoms with van der Waals surface area (Å²) in [7, 11) is -3.84. The van der Waals surface area contributed by atoms with Crippen LogP contribution in [0.2, 0.25) is 0 Å². The summed E-state index contributed by atoms with van der Waals surface area (Å²) in [6.07, 6.45) is 0.578. The fourth-order valence-corrected chi connectivity index (χ4v) is 4.04. The van der Waals surface area contributed by atoms with Gasteiger partial charge in [-0.15, -0.1) is 0 Å². The number of para-hydroxylation sites is 1. The lowest BCUT2D eigenvalue weighted by molar-refractivity contribution is -0.121. The molecule has 1 amide bonds. The predicted octanol–water partition coefficient (Wildman–Crippen LogP) is 2.19. The van der Waals surface area contributed by atoms with Crippen LogP contribution in [0, 0.1) is 0 Å². The molecule has 0 aromatic heterocycles. The highest BCUT2D eigenvalue weighted by atomic mass is 32.2. The lowest BCUT2D eigenvalue weighted by atomic mass is 10.0. The summed E-state index contributed by atoms with van der Waals surface area (Å²) in [5.41, 5.74) is 0.844. The van der Waals surface area contributed by atoms with Gasteiger partial charge in [0.05, 0.1) is 17.5 Å². The SMILES string of the molecule is CC(C(=O)NC1CCOc2ccccc21)S(=O)(=O)c1ccc(O)cc1. The maximum absolute atomic E-state index is 12.6. The molecule has 0 saturated heterocycles. The molecule has 0 radical (unpaired) electrons. The van der Waals surface area contributed by atoms with E-state index in [0.29, 0.717) is 18.8 Å². The van der Waals surface area contributed by atoms with Gasteiger partial charge in [0, 0.05) is 12.0 Å². The van der Waals surface area contributed by atoms with Crippen LogP contribution in [-0.4, -0.2) is 31.3 Å². The second kappa shape index (κ2) is 6.76. The number of carbonyl (C=O) groups is 1. The van der Waals surface area contributed by atoms with Crippen LogP contribution in [0.5, 0.6) is 11.5 Å². The third-order valence-corrected chi connectivity index (χ3v) is 6.35. The van der Waals surface area contributed by atoms with Crippen LogP contribution in [0.4, 0.5) is 0 Å². The highest BCUT2D eigenvalue weighted by molar-refractivity contribution is 7.92. The number of rotatable bonds is 4. The van der Waals surface area contributed by atoms with Gasteiger partial charge in [0.2, 0.25) is 5.91 Å². The number of amides is 1. The Kier molecular flexibility index (Phi) is 4.67. The molecular formula is C18H19NO5S. The van der Waals surface area contributed by atoms with E-state index in [1.165, 1.54) is 31.2 Å². The van der Waals surface area contributed by atoms with Gasteiger partial charge in [-0.1, -0.05) is 18.2 Å². The number of sulfone groups is 1. The normalized spacial score (nSPS) is 17.9. The standard InChI is InChI=1S/C18H19NO5S/c1-12(25(22,23)14-8-6-13(20)7-9-14)18(21)19-16-10-11-24-17-5-3-2-4-15(16)17/h2-9,12,16,20H,10-11H2,1H3,(H,19,21). The summed E-state index contributed by atoms with van der Waals surface area (Å²) in [6.45, 7) is 1.82. The number of phenols is 1. The smallest absolute Gasteiger partial charge is 0.238 e.